The molecule has 0 aliphatic carbocycles. The van der Waals surface area contributed by atoms with E-state index in [1.807, 2.05) is 194 Å². The summed E-state index contributed by atoms with van der Waals surface area (Å²) in [6.45, 7) is 0. The van der Waals surface area contributed by atoms with Gasteiger partial charge in [-0.05, 0) is 128 Å². The molecule has 0 saturated carbocycles. The van der Waals surface area contributed by atoms with E-state index in [2.05, 4.69) is 0 Å². The second-order valence-electron chi connectivity index (χ2n) is 14.8. The molecule has 0 heterocycles. The Hall–Kier alpha value is -8.20. The molecule has 0 spiro atoms. The molecule has 10 rings (SSSR count). The van der Waals surface area contributed by atoms with E-state index in [9.17, 15) is 5.48 Å². The molecule has 0 unspecified atom stereocenters. The minimum absolute atomic E-state index is 0.127. The van der Waals surface area contributed by atoms with Gasteiger partial charge in [0, 0.05) is 34.1 Å². The molecule has 0 radical (unpaired) electrons. The largest absolute Gasteiger partial charge is 0.311 e. The molecule has 294 valence electrons. The lowest BCUT2D eigenvalue weighted by atomic mass is 10.0. The fourth-order valence-electron chi connectivity index (χ4n) is 7.62. The van der Waals surface area contributed by atoms with E-state index in [0.717, 1.165) is 33.4 Å². The second kappa shape index (κ2) is 17.6. The van der Waals surface area contributed by atoms with Gasteiger partial charge in [0.2, 0.25) is 0 Å². The lowest BCUT2D eigenvalue weighted by molar-refractivity contribution is 1.28. The lowest BCUT2D eigenvalue weighted by Gasteiger charge is -2.27. The van der Waals surface area contributed by atoms with Crippen molar-refractivity contribution >= 4 is 34.1 Å². The number of rotatable bonds is 11. The Labute approximate surface area is 376 Å². The molecular weight excluding hydrogens is 749 g/mol. The van der Waals surface area contributed by atoms with Gasteiger partial charge in [0.15, 0.2) is 0 Å². The molecule has 0 aliphatic heterocycles. The van der Waals surface area contributed by atoms with E-state index >= 15 is 0 Å². The second-order valence-corrected chi connectivity index (χ2v) is 14.8. The van der Waals surface area contributed by atoms with Crippen LogP contribution in [-0.2, 0) is 0 Å². The van der Waals surface area contributed by atoms with Gasteiger partial charge < -0.3 is 9.80 Å². The summed E-state index contributed by atoms with van der Waals surface area (Å²) in [5.74, 6) is 0. The van der Waals surface area contributed by atoms with Crippen LogP contribution in [-0.4, -0.2) is 0 Å². The van der Waals surface area contributed by atoms with Crippen LogP contribution in [0.2, 0.25) is 0 Å². The first-order valence-electron chi connectivity index (χ1n) is 24.5. The van der Waals surface area contributed by atoms with Gasteiger partial charge in [-0.1, -0.05) is 194 Å². The van der Waals surface area contributed by atoms with Crippen molar-refractivity contribution in [3.05, 3.63) is 267 Å². The van der Waals surface area contributed by atoms with Gasteiger partial charge in [-0.2, -0.15) is 0 Å². The van der Waals surface area contributed by atoms with Gasteiger partial charge in [-0.25, -0.2) is 0 Å². The van der Waals surface area contributed by atoms with E-state index in [0.29, 0.717) is 33.9 Å². The molecule has 2 heteroatoms. The smallest absolute Gasteiger partial charge is 0.0645 e. The van der Waals surface area contributed by atoms with Crippen LogP contribution in [0.3, 0.4) is 0 Å². The van der Waals surface area contributed by atoms with Crippen LogP contribution < -0.4 is 9.80 Å². The number of nitrogens with zero attached hydrogens (tertiary/aromatic N) is 2. The maximum atomic E-state index is 9.35. The van der Waals surface area contributed by atoms with Crippen molar-refractivity contribution in [2.45, 2.75) is 0 Å². The average Bonchev–Trinajstić information content (AvgIpc) is 3.41. The van der Waals surface area contributed by atoms with E-state index in [4.69, 9.17) is 5.48 Å². The fraction of sp³-hybridized carbons (Fsp3) is 0. The predicted octanol–water partition coefficient (Wildman–Crippen LogP) is 17.0. The molecule has 0 amide bonds. The zero-order chi connectivity index (χ0) is 48.5. The number of hydrogen-bond donors (Lipinski definition) is 0. The van der Waals surface area contributed by atoms with Gasteiger partial charge in [-0.15, -0.1) is 0 Å². The van der Waals surface area contributed by atoms with Crippen molar-refractivity contribution in [2.24, 2.45) is 0 Å². The third-order valence-corrected chi connectivity index (χ3v) is 10.8. The topological polar surface area (TPSA) is 6.48 Å². The summed E-state index contributed by atoms with van der Waals surface area (Å²) < 4.78 is 74.0. The van der Waals surface area contributed by atoms with Crippen molar-refractivity contribution < 1.29 is 11.0 Å². The Morgan fingerprint density at radius 2 is 0.371 bits per heavy atom. The van der Waals surface area contributed by atoms with Crippen LogP contribution in [0.4, 0.5) is 34.1 Å². The molecule has 0 N–H and O–H groups in total. The summed E-state index contributed by atoms with van der Waals surface area (Å²) in [7, 11) is 0. The number of benzene rings is 10. The number of anilines is 6. The van der Waals surface area contributed by atoms with E-state index < -0.39 is 0 Å². The molecule has 0 aromatic heterocycles. The molecule has 0 fully saturated rings. The molecule has 10 aromatic rings. The summed E-state index contributed by atoms with van der Waals surface area (Å²) >= 11 is 0. The van der Waals surface area contributed by atoms with E-state index in [-0.39, 0.29) is 70.8 Å². The van der Waals surface area contributed by atoms with Crippen molar-refractivity contribution in [1.29, 1.82) is 0 Å². The maximum Gasteiger partial charge on any atom is 0.0645 e. The minimum atomic E-state index is -0.164. The van der Waals surface area contributed by atoms with Crippen LogP contribution in [0.1, 0.15) is 11.0 Å². The first kappa shape index (κ1) is 29.9. The van der Waals surface area contributed by atoms with Crippen molar-refractivity contribution in [1.82, 2.24) is 0 Å². The monoisotopic (exact) mass is 800 g/mol. The molecule has 10 aromatic carbocycles. The Kier molecular flexibility index (Phi) is 8.48. The summed E-state index contributed by atoms with van der Waals surface area (Å²) in [5.41, 5.74) is 10.3. The first-order chi connectivity index (χ1) is 34.1. The highest BCUT2D eigenvalue weighted by Crippen LogP contribution is 2.40. The fourth-order valence-corrected chi connectivity index (χ4v) is 7.62. The normalized spacial score (nSPS) is 12.7. The highest BCUT2D eigenvalue weighted by molar-refractivity contribution is 5.83. The third-order valence-electron chi connectivity index (χ3n) is 10.8. The summed E-state index contributed by atoms with van der Waals surface area (Å²) in [6.07, 6.45) is 0. The average molecular weight is 801 g/mol. The Bertz CT molecular complexity index is 3170. The van der Waals surface area contributed by atoms with Crippen LogP contribution >= 0.6 is 0 Å². The van der Waals surface area contributed by atoms with Gasteiger partial charge in [0.05, 0.1) is 11.0 Å². The van der Waals surface area contributed by atoms with Crippen molar-refractivity contribution in [2.75, 3.05) is 9.80 Å². The van der Waals surface area contributed by atoms with Crippen molar-refractivity contribution in [3.8, 4) is 55.6 Å². The lowest BCUT2D eigenvalue weighted by Crippen LogP contribution is -2.10. The van der Waals surface area contributed by atoms with Crippen LogP contribution in [0.25, 0.3) is 55.6 Å². The Morgan fingerprint density at radius 3 is 0.597 bits per heavy atom. The zero-order valence-electron chi connectivity index (χ0n) is 41.7. The highest BCUT2D eigenvalue weighted by atomic mass is 15.1. The molecule has 0 atom stereocenters. The Morgan fingerprint density at radius 1 is 0.177 bits per heavy atom. The van der Waals surface area contributed by atoms with Gasteiger partial charge in [0.1, 0.15) is 0 Å². The summed E-state index contributed by atoms with van der Waals surface area (Å²) in [5, 5.41) is 0. The summed E-state index contributed by atoms with van der Waals surface area (Å²) in [6, 6.07) is 68.1. The van der Waals surface area contributed by atoms with Crippen LogP contribution in [0, 0.1) is 0 Å². The van der Waals surface area contributed by atoms with E-state index in [1.165, 1.54) is 0 Å². The molecule has 62 heavy (non-hydrogen) atoms. The predicted molar refractivity (Wildman–Crippen MR) is 263 cm³/mol. The quantitative estimate of drug-likeness (QED) is 0.129. The molecule has 0 bridgehead atoms. The van der Waals surface area contributed by atoms with Crippen molar-refractivity contribution in [3.63, 3.8) is 0 Å². The van der Waals surface area contributed by atoms with Gasteiger partial charge in [-0.3, -0.25) is 0 Å². The molecule has 0 aliphatic rings. The number of hydrogen-bond acceptors (Lipinski definition) is 2. The molecular formula is C60H44N2. The van der Waals surface area contributed by atoms with E-state index in [1.54, 1.807) is 34.1 Å². The highest BCUT2D eigenvalue weighted by Gasteiger charge is 2.16. The van der Waals surface area contributed by atoms with Gasteiger partial charge >= 0.3 is 0 Å². The Balaban J connectivity index is 1.04. The molecule has 0 saturated heterocycles. The zero-order valence-corrected chi connectivity index (χ0v) is 33.7. The summed E-state index contributed by atoms with van der Waals surface area (Å²) in [4.78, 5) is 3.55. The first-order valence-corrected chi connectivity index (χ1v) is 20.5. The van der Waals surface area contributed by atoms with Crippen LogP contribution in [0.15, 0.2) is 267 Å². The SMILES string of the molecule is [2H]c1c([2H])c(N(c2ccc(-c3ccccc3)cc2)c2ccc(-c3ccc(N(c4ccc(-c5ccccc5)cc4)c4c([2H])c([2H])c(-c5ccccc5)c([2H])c4[2H])cc3)cc2)c([2H])c([2H])c1-c1ccccc1. The standard InChI is InChI=1S/C60H44N2/c1-5-13-45(14-6-1)49-21-33-55(34-22-49)61(56-35-23-50(24-36-56)46-15-7-2-8-16-46)59-41-29-53(30-42-59)54-31-43-60(44-32-54)62(57-37-25-51(26-38-57)47-17-9-3-10-18-47)58-39-27-52(28-40-58)48-19-11-4-12-20-48/h1-44H/i21D,22D,25D,26D,33D,34D,37D,38D. The minimum Gasteiger partial charge on any atom is -0.311 e. The maximum absolute atomic E-state index is 9.35. The molecule has 2 nitrogen and oxygen atoms in total. The van der Waals surface area contributed by atoms with Gasteiger partial charge in [0.25, 0.3) is 0 Å². The third kappa shape index (κ3) is 8.18. The van der Waals surface area contributed by atoms with Crippen LogP contribution in [0.5, 0.6) is 0 Å².